The van der Waals surface area contributed by atoms with Gasteiger partial charge in [-0.15, -0.1) is 0 Å². The van der Waals surface area contributed by atoms with Gasteiger partial charge in [0.05, 0.1) is 16.9 Å². The van der Waals surface area contributed by atoms with Crippen LogP contribution < -0.4 is 10.6 Å². The Morgan fingerprint density at radius 1 is 1.40 bits per heavy atom. The second-order valence-corrected chi connectivity index (χ2v) is 5.82. The average molecular weight is 275 g/mol. The maximum Gasteiger partial charge on any atom is 0.151 e. The van der Waals surface area contributed by atoms with Crippen LogP contribution in [0.3, 0.4) is 0 Å². The van der Waals surface area contributed by atoms with Crippen molar-refractivity contribution in [1.82, 2.24) is 9.88 Å². The van der Waals surface area contributed by atoms with Gasteiger partial charge in [0.2, 0.25) is 0 Å². The normalized spacial score (nSPS) is 17.0. The van der Waals surface area contributed by atoms with E-state index in [4.69, 9.17) is 11.0 Å². The first-order valence-electron chi connectivity index (χ1n) is 6.74. The number of nitrogens with two attached hydrogens (primary N) is 1. The monoisotopic (exact) mass is 275 g/mol. The van der Waals surface area contributed by atoms with Crippen LogP contribution in [0.15, 0.2) is 12.3 Å². The average Bonchev–Trinajstić information content (AvgIpc) is 2.38. The molecular formula is C14H21N5O. The van der Waals surface area contributed by atoms with Crippen LogP contribution in [0.1, 0.15) is 19.4 Å². The zero-order chi connectivity index (χ0) is 14.8. The lowest BCUT2D eigenvalue weighted by atomic mass is 10.1. The van der Waals surface area contributed by atoms with E-state index in [9.17, 15) is 5.11 Å². The lowest BCUT2D eigenvalue weighted by molar-refractivity contribution is 0.0345. The molecule has 1 fully saturated rings. The number of β-amino-alcohol motifs (C(OH)–C–C–N with tert-alkyl or cyclic N) is 1. The third kappa shape index (κ3) is 3.59. The Morgan fingerprint density at radius 2 is 2.05 bits per heavy atom. The minimum absolute atomic E-state index is 0.479. The van der Waals surface area contributed by atoms with Crippen LogP contribution in [-0.4, -0.2) is 53.3 Å². The summed E-state index contributed by atoms with van der Waals surface area (Å²) < 4.78 is 0. The Kier molecular flexibility index (Phi) is 4.12. The smallest absolute Gasteiger partial charge is 0.151 e. The van der Waals surface area contributed by atoms with Crippen LogP contribution >= 0.6 is 0 Å². The number of hydrogen-bond acceptors (Lipinski definition) is 6. The molecule has 1 aromatic rings. The van der Waals surface area contributed by atoms with E-state index in [1.165, 1.54) is 0 Å². The van der Waals surface area contributed by atoms with Crippen molar-refractivity contribution in [3.05, 3.63) is 17.8 Å². The fourth-order valence-electron chi connectivity index (χ4n) is 2.46. The van der Waals surface area contributed by atoms with Gasteiger partial charge in [-0.3, -0.25) is 4.90 Å². The summed E-state index contributed by atoms with van der Waals surface area (Å²) in [6.07, 6.45) is 1.55. The van der Waals surface area contributed by atoms with E-state index in [-0.39, 0.29) is 0 Å². The molecule has 0 aliphatic carbocycles. The molecule has 0 unspecified atom stereocenters. The van der Waals surface area contributed by atoms with E-state index >= 15 is 0 Å². The van der Waals surface area contributed by atoms with Gasteiger partial charge in [0.15, 0.2) is 5.82 Å². The molecule has 1 aliphatic rings. The number of anilines is 2. The fraction of sp³-hybridized carbons (Fsp3) is 0.571. The van der Waals surface area contributed by atoms with Gasteiger partial charge in [-0.2, -0.15) is 5.26 Å². The van der Waals surface area contributed by atoms with E-state index in [1.807, 2.05) is 19.9 Å². The molecule has 20 heavy (non-hydrogen) atoms. The SMILES string of the molecule is CC(C)(O)CN1CCN(c2ncc(C#N)cc2N)CC1. The molecule has 6 nitrogen and oxygen atoms in total. The minimum atomic E-state index is -0.673. The van der Waals surface area contributed by atoms with Gasteiger partial charge < -0.3 is 15.7 Å². The van der Waals surface area contributed by atoms with E-state index < -0.39 is 5.60 Å². The summed E-state index contributed by atoms with van der Waals surface area (Å²) in [6.45, 7) is 7.67. The van der Waals surface area contributed by atoms with Gasteiger partial charge in [0, 0.05) is 38.9 Å². The topological polar surface area (TPSA) is 89.4 Å². The zero-order valence-corrected chi connectivity index (χ0v) is 12.0. The Morgan fingerprint density at radius 3 is 2.55 bits per heavy atom. The molecule has 1 aromatic heterocycles. The molecule has 0 amide bonds. The molecule has 1 saturated heterocycles. The van der Waals surface area contributed by atoms with Crippen molar-refractivity contribution in [3.63, 3.8) is 0 Å². The van der Waals surface area contributed by atoms with E-state index in [0.717, 1.165) is 32.0 Å². The Bertz CT molecular complexity index is 509. The molecule has 0 radical (unpaired) electrons. The first-order chi connectivity index (χ1) is 9.39. The minimum Gasteiger partial charge on any atom is -0.396 e. The number of piperazine rings is 1. The molecule has 3 N–H and O–H groups in total. The number of rotatable bonds is 3. The third-order valence-corrected chi connectivity index (χ3v) is 3.31. The summed E-state index contributed by atoms with van der Waals surface area (Å²) >= 11 is 0. The second kappa shape index (κ2) is 5.65. The quantitative estimate of drug-likeness (QED) is 0.831. The summed E-state index contributed by atoms with van der Waals surface area (Å²) in [7, 11) is 0. The maximum atomic E-state index is 9.84. The molecule has 108 valence electrons. The van der Waals surface area contributed by atoms with Crippen LogP contribution in [0, 0.1) is 11.3 Å². The van der Waals surface area contributed by atoms with Gasteiger partial charge in [-0.25, -0.2) is 4.98 Å². The van der Waals surface area contributed by atoms with Crippen molar-refractivity contribution >= 4 is 11.5 Å². The lowest BCUT2D eigenvalue weighted by Crippen LogP contribution is -2.50. The number of hydrogen-bond donors (Lipinski definition) is 2. The molecule has 0 saturated carbocycles. The lowest BCUT2D eigenvalue weighted by Gasteiger charge is -2.38. The van der Waals surface area contributed by atoms with E-state index in [1.54, 1.807) is 12.3 Å². The van der Waals surface area contributed by atoms with Crippen LogP contribution in [0.4, 0.5) is 11.5 Å². The number of aromatic nitrogens is 1. The summed E-state index contributed by atoms with van der Waals surface area (Å²) in [5.74, 6) is 0.743. The predicted octanol–water partition coefficient (Wildman–Crippen LogP) is 0.428. The molecule has 0 bridgehead atoms. The first kappa shape index (κ1) is 14.6. The van der Waals surface area contributed by atoms with Crippen molar-refractivity contribution in [2.75, 3.05) is 43.4 Å². The van der Waals surface area contributed by atoms with Gasteiger partial charge in [0.1, 0.15) is 6.07 Å². The second-order valence-electron chi connectivity index (χ2n) is 5.82. The third-order valence-electron chi connectivity index (χ3n) is 3.31. The largest absolute Gasteiger partial charge is 0.396 e. The number of nitriles is 1. The summed E-state index contributed by atoms with van der Waals surface area (Å²) in [4.78, 5) is 8.64. The molecule has 0 aromatic carbocycles. The van der Waals surface area contributed by atoms with Crippen molar-refractivity contribution < 1.29 is 5.11 Å². The molecule has 6 heteroatoms. The summed E-state index contributed by atoms with van der Waals surface area (Å²) in [5, 5.41) is 18.7. The fourth-order valence-corrected chi connectivity index (χ4v) is 2.46. The highest BCUT2D eigenvalue weighted by Crippen LogP contribution is 2.22. The van der Waals surface area contributed by atoms with Gasteiger partial charge >= 0.3 is 0 Å². The van der Waals surface area contributed by atoms with E-state index in [2.05, 4.69) is 14.8 Å². The highest BCUT2D eigenvalue weighted by molar-refractivity contribution is 5.64. The van der Waals surface area contributed by atoms with E-state index in [0.29, 0.717) is 17.8 Å². The maximum absolute atomic E-state index is 9.84. The standard InChI is InChI=1S/C14H21N5O/c1-14(2,20)10-18-3-5-19(6-4-18)13-12(16)7-11(8-15)9-17-13/h7,9,20H,3-6,10,16H2,1-2H3. The van der Waals surface area contributed by atoms with Gasteiger partial charge in [0.25, 0.3) is 0 Å². The predicted molar refractivity (Wildman–Crippen MR) is 78.3 cm³/mol. The molecule has 0 atom stereocenters. The van der Waals surface area contributed by atoms with Crippen LogP contribution in [0.5, 0.6) is 0 Å². The summed E-state index contributed by atoms with van der Waals surface area (Å²) in [6, 6.07) is 3.69. The molecule has 1 aliphatic heterocycles. The summed E-state index contributed by atoms with van der Waals surface area (Å²) in [5.41, 5.74) is 6.30. The Labute approximate surface area is 119 Å². The Balaban J connectivity index is 1.99. The van der Waals surface area contributed by atoms with Crippen molar-refractivity contribution in [1.29, 1.82) is 5.26 Å². The van der Waals surface area contributed by atoms with Gasteiger partial charge in [-0.1, -0.05) is 0 Å². The van der Waals surface area contributed by atoms with Crippen molar-refractivity contribution in [2.24, 2.45) is 0 Å². The molecule has 0 spiro atoms. The van der Waals surface area contributed by atoms with Crippen LogP contribution in [0.2, 0.25) is 0 Å². The first-order valence-corrected chi connectivity index (χ1v) is 6.74. The van der Waals surface area contributed by atoms with Crippen molar-refractivity contribution in [3.8, 4) is 6.07 Å². The van der Waals surface area contributed by atoms with Gasteiger partial charge in [-0.05, 0) is 19.9 Å². The van der Waals surface area contributed by atoms with Crippen LogP contribution in [0.25, 0.3) is 0 Å². The number of aliphatic hydroxyl groups is 1. The highest BCUT2D eigenvalue weighted by Gasteiger charge is 2.24. The molecular weight excluding hydrogens is 254 g/mol. The molecule has 2 heterocycles. The zero-order valence-electron chi connectivity index (χ0n) is 12.0. The highest BCUT2D eigenvalue weighted by atomic mass is 16.3. The number of pyridine rings is 1. The van der Waals surface area contributed by atoms with Crippen LogP contribution in [-0.2, 0) is 0 Å². The number of nitrogens with zero attached hydrogens (tertiary/aromatic N) is 4. The van der Waals surface area contributed by atoms with Crippen molar-refractivity contribution in [2.45, 2.75) is 19.4 Å². The number of nitrogen functional groups attached to an aromatic ring is 1. The Hall–Kier alpha value is -1.84. The molecule has 2 rings (SSSR count).